The molecule has 26 heavy (non-hydrogen) atoms. The maximum atomic E-state index is 12.4. The lowest BCUT2D eigenvalue weighted by Gasteiger charge is -2.35. The number of benzene rings is 1. The number of fused-ring (bicyclic) bond motifs is 1. The summed E-state index contributed by atoms with van der Waals surface area (Å²) >= 11 is 0. The van der Waals surface area contributed by atoms with Gasteiger partial charge >= 0.3 is 0 Å². The molecule has 2 aromatic heterocycles. The van der Waals surface area contributed by atoms with Gasteiger partial charge in [-0.1, -0.05) is 12.1 Å². The smallest absolute Gasteiger partial charge is 0.253 e. The van der Waals surface area contributed by atoms with Crippen molar-refractivity contribution in [3.8, 4) is 17.3 Å². The zero-order chi connectivity index (χ0) is 18.3. The predicted molar refractivity (Wildman–Crippen MR) is 91.9 cm³/mol. The molecule has 0 bridgehead atoms. The summed E-state index contributed by atoms with van der Waals surface area (Å²) in [5.74, 6) is -0.721. The van der Waals surface area contributed by atoms with Crippen LogP contribution in [0.15, 0.2) is 42.7 Å². The molecule has 8 nitrogen and oxygen atoms in total. The number of aromatic nitrogens is 3. The Hall–Kier alpha value is -3.73. The van der Waals surface area contributed by atoms with E-state index < -0.39 is 5.91 Å². The zero-order valence-electron chi connectivity index (χ0n) is 13.7. The summed E-state index contributed by atoms with van der Waals surface area (Å²) in [6.45, 7) is 0.955. The van der Waals surface area contributed by atoms with Crippen molar-refractivity contribution in [1.29, 1.82) is 5.26 Å². The number of rotatable bonds is 3. The molecule has 0 spiro atoms. The molecular weight excluding hydrogens is 332 g/mol. The maximum Gasteiger partial charge on any atom is 0.253 e. The Morgan fingerprint density at radius 3 is 2.54 bits per heavy atom. The number of carbonyl (C=O) groups excluding carboxylic acids is 2. The van der Waals surface area contributed by atoms with Gasteiger partial charge in [-0.2, -0.15) is 10.4 Å². The third kappa shape index (κ3) is 2.46. The number of nitrogens with two attached hydrogens (primary N) is 1. The summed E-state index contributed by atoms with van der Waals surface area (Å²) in [7, 11) is 0. The molecule has 4 rings (SSSR count). The molecule has 1 aliphatic rings. The Bertz CT molecular complexity index is 1060. The second kappa shape index (κ2) is 5.97. The van der Waals surface area contributed by atoms with E-state index in [0.717, 1.165) is 11.3 Å². The Morgan fingerprint density at radius 2 is 1.88 bits per heavy atom. The average molecular weight is 346 g/mol. The standard InChI is InChI=1S/C18H14N6O2/c19-7-11-8-23(9-11)18(26)13-3-1-12(2-4-13)15-6-5-14(16(20)25)17-21-10-22-24(15)17/h1-6,10-11H,8-9H2,(H2,20,25). The van der Waals surface area contributed by atoms with E-state index in [4.69, 9.17) is 11.0 Å². The van der Waals surface area contributed by atoms with Crippen molar-refractivity contribution in [2.75, 3.05) is 13.1 Å². The Labute approximate surface area is 148 Å². The van der Waals surface area contributed by atoms with Crippen LogP contribution in [-0.4, -0.2) is 44.4 Å². The predicted octanol–water partition coefficient (Wildman–Crippen LogP) is 1.09. The van der Waals surface area contributed by atoms with Crippen LogP contribution in [0.4, 0.5) is 0 Å². The van der Waals surface area contributed by atoms with Gasteiger partial charge < -0.3 is 10.6 Å². The Balaban J connectivity index is 1.64. The van der Waals surface area contributed by atoms with Crippen LogP contribution in [0.5, 0.6) is 0 Å². The third-order valence-electron chi connectivity index (χ3n) is 4.47. The largest absolute Gasteiger partial charge is 0.365 e. The van der Waals surface area contributed by atoms with Crippen molar-refractivity contribution in [3.05, 3.63) is 53.9 Å². The minimum Gasteiger partial charge on any atom is -0.365 e. The summed E-state index contributed by atoms with van der Waals surface area (Å²) in [6, 6.07) is 12.6. The van der Waals surface area contributed by atoms with Crippen LogP contribution >= 0.6 is 0 Å². The molecule has 2 amide bonds. The maximum absolute atomic E-state index is 12.4. The molecule has 128 valence electrons. The van der Waals surface area contributed by atoms with Crippen LogP contribution < -0.4 is 5.73 Å². The van der Waals surface area contributed by atoms with Crippen LogP contribution in [0, 0.1) is 17.2 Å². The van der Waals surface area contributed by atoms with Crippen LogP contribution in [-0.2, 0) is 0 Å². The molecule has 0 aliphatic carbocycles. The molecule has 1 fully saturated rings. The first-order valence-corrected chi connectivity index (χ1v) is 8.00. The number of nitriles is 1. The summed E-state index contributed by atoms with van der Waals surface area (Å²) in [4.78, 5) is 29.6. The van der Waals surface area contributed by atoms with Gasteiger partial charge in [-0.25, -0.2) is 9.50 Å². The molecule has 2 N–H and O–H groups in total. The second-order valence-corrected chi connectivity index (χ2v) is 6.11. The monoisotopic (exact) mass is 346 g/mol. The number of pyridine rings is 1. The fraction of sp³-hybridized carbons (Fsp3) is 0.167. The van der Waals surface area contributed by atoms with E-state index >= 15 is 0 Å². The van der Waals surface area contributed by atoms with Gasteiger partial charge in [0.05, 0.1) is 23.2 Å². The lowest BCUT2D eigenvalue weighted by atomic mass is 10.00. The van der Waals surface area contributed by atoms with Gasteiger partial charge in [0.2, 0.25) is 0 Å². The molecule has 8 heteroatoms. The van der Waals surface area contributed by atoms with Gasteiger partial charge in [-0.15, -0.1) is 0 Å². The highest BCUT2D eigenvalue weighted by molar-refractivity contribution is 5.99. The quantitative estimate of drug-likeness (QED) is 0.762. The van der Waals surface area contributed by atoms with E-state index in [1.165, 1.54) is 6.33 Å². The molecule has 1 aliphatic heterocycles. The summed E-state index contributed by atoms with van der Waals surface area (Å²) in [6.07, 6.45) is 1.36. The number of hydrogen-bond donors (Lipinski definition) is 1. The fourth-order valence-corrected chi connectivity index (χ4v) is 3.01. The van der Waals surface area contributed by atoms with Gasteiger partial charge in [0, 0.05) is 24.2 Å². The van der Waals surface area contributed by atoms with Crippen LogP contribution in [0.2, 0.25) is 0 Å². The van der Waals surface area contributed by atoms with E-state index in [0.29, 0.717) is 29.9 Å². The molecule has 1 saturated heterocycles. The number of primary amides is 1. The third-order valence-corrected chi connectivity index (χ3v) is 4.47. The molecule has 0 unspecified atom stereocenters. The van der Waals surface area contributed by atoms with Crippen LogP contribution in [0.25, 0.3) is 16.9 Å². The highest BCUT2D eigenvalue weighted by Crippen LogP contribution is 2.24. The summed E-state index contributed by atoms with van der Waals surface area (Å²) < 4.78 is 1.55. The van der Waals surface area contributed by atoms with Crippen molar-refractivity contribution in [3.63, 3.8) is 0 Å². The van der Waals surface area contributed by atoms with Crippen molar-refractivity contribution in [2.24, 2.45) is 11.7 Å². The fourth-order valence-electron chi connectivity index (χ4n) is 3.01. The van der Waals surface area contributed by atoms with Gasteiger partial charge in [0.1, 0.15) is 6.33 Å². The molecule has 3 heterocycles. The van der Waals surface area contributed by atoms with Gasteiger partial charge in [0.15, 0.2) is 5.65 Å². The van der Waals surface area contributed by atoms with Crippen molar-refractivity contribution < 1.29 is 9.59 Å². The molecule has 0 atom stereocenters. The Morgan fingerprint density at radius 1 is 1.15 bits per heavy atom. The SMILES string of the molecule is N#CC1CN(C(=O)c2ccc(-c3ccc(C(N)=O)c4ncnn34)cc2)C1. The second-order valence-electron chi connectivity index (χ2n) is 6.11. The molecular formula is C18H14N6O2. The molecule has 1 aromatic carbocycles. The lowest BCUT2D eigenvalue weighted by molar-refractivity contribution is 0.0577. The number of amides is 2. The number of carbonyl (C=O) groups is 2. The highest BCUT2D eigenvalue weighted by atomic mass is 16.2. The topological polar surface area (TPSA) is 117 Å². The van der Waals surface area contributed by atoms with Crippen LogP contribution in [0.3, 0.4) is 0 Å². The summed E-state index contributed by atoms with van der Waals surface area (Å²) in [5.41, 5.74) is 8.17. The van der Waals surface area contributed by atoms with Gasteiger partial charge in [0.25, 0.3) is 11.8 Å². The van der Waals surface area contributed by atoms with Gasteiger partial charge in [-0.05, 0) is 24.3 Å². The van der Waals surface area contributed by atoms with Crippen molar-refractivity contribution in [1.82, 2.24) is 19.5 Å². The lowest BCUT2D eigenvalue weighted by Crippen LogP contribution is -2.49. The minimum atomic E-state index is -0.569. The number of likely N-dealkylation sites (tertiary alicyclic amines) is 1. The van der Waals surface area contributed by atoms with Crippen molar-refractivity contribution >= 4 is 17.5 Å². The van der Waals surface area contributed by atoms with Gasteiger partial charge in [-0.3, -0.25) is 9.59 Å². The molecule has 3 aromatic rings. The Kier molecular flexibility index (Phi) is 3.62. The number of hydrogen-bond acceptors (Lipinski definition) is 5. The first kappa shape index (κ1) is 15.8. The van der Waals surface area contributed by atoms with Crippen LogP contribution in [0.1, 0.15) is 20.7 Å². The van der Waals surface area contributed by atoms with Crippen molar-refractivity contribution in [2.45, 2.75) is 0 Å². The minimum absolute atomic E-state index is 0.0670. The average Bonchev–Trinajstić information content (AvgIpc) is 3.09. The first-order valence-electron chi connectivity index (χ1n) is 8.00. The highest BCUT2D eigenvalue weighted by Gasteiger charge is 2.30. The molecule has 0 radical (unpaired) electrons. The van der Waals surface area contributed by atoms with E-state index in [1.54, 1.807) is 33.7 Å². The van der Waals surface area contributed by atoms with E-state index in [9.17, 15) is 9.59 Å². The van der Waals surface area contributed by atoms with E-state index in [1.807, 2.05) is 12.1 Å². The van der Waals surface area contributed by atoms with E-state index in [-0.39, 0.29) is 11.8 Å². The first-order chi connectivity index (χ1) is 12.6. The van der Waals surface area contributed by atoms with E-state index in [2.05, 4.69) is 16.2 Å². The zero-order valence-corrected chi connectivity index (χ0v) is 13.7. The number of nitrogens with zero attached hydrogens (tertiary/aromatic N) is 5. The normalized spacial score (nSPS) is 14.0. The molecule has 0 saturated carbocycles. The summed E-state index contributed by atoms with van der Waals surface area (Å²) in [5, 5.41) is 13.0.